The quantitative estimate of drug-likeness (QED) is 0.619. The maximum atomic E-state index is 11.2. The van der Waals surface area contributed by atoms with Crippen molar-refractivity contribution in [2.24, 2.45) is 0 Å². The molecule has 0 aliphatic heterocycles. The summed E-state index contributed by atoms with van der Waals surface area (Å²) >= 11 is 5.46. The number of amides is 1. The first kappa shape index (κ1) is 13.7. The van der Waals surface area contributed by atoms with E-state index in [1.807, 2.05) is 0 Å². The first-order chi connectivity index (χ1) is 6.74. The van der Waals surface area contributed by atoms with Gasteiger partial charge in [-0.1, -0.05) is 0 Å². The first-order valence-corrected chi connectivity index (χ1v) is 5.12. The average molecular weight is 224 g/mol. The SMILES string of the molecule is COCC(CNC(=O)CCCCl)OC. The van der Waals surface area contributed by atoms with Crippen molar-refractivity contribution in [2.45, 2.75) is 18.9 Å². The molecule has 14 heavy (non-hydrogen) atoms. The van der Waals surface area contributed by atoms with Crippen LogP contribution in [0.5, 0.6) is 0 Å². The molecule has 0 aromatic rings. The number of ether oxygens (including phenoxy) is 2. The molecule has 0 aromatic heterocycles. The highest BCUT2D eigenvalue weighted by atomic mass is 35.5. The second-order valence-corrected chi connectivity index (χ2v) is 3.29. The third kappa shape index (κ3) is 7.12. The Morgan fingerprint density at radius 1 is 1.50 bits per heavy atom. The summed E-state index contributed by atoms with van der Waals surface area (Å²) in [6.07, 6.45) is 1.09. The summed E-state index contributed by atoms with van der Waals surface area (Å²) < 4.78 is 9.99. The van der Waals surface area contributed by atoms with Crippen LogP contribution in [0.4, 0.5) is 0 Å². The molecule has 0 heterocycles. The minimum Gasteiger partial charge on any atom is -0.382 e. The fourth-order valence-corrected chi connectivity index (χ4v) is 1.07. The van der Waals surface area contributed by atoms with Crippen molar-refractivity contribution in [3.63, 3.8) is 0 Å². The van der Waals surface area contributed by atoms with Crippen LogP contribution in [0.2, 0.25) is 0 Å². The zero-order valence-corrected chi connectivity index (χ0v) is 9.47. The monoisotopic (exact) mass is 223 g/mol. The molecule has 1 amide bonds. The van der Waals surface area contributed by atoms with Gasteiger partial charge in [-0.25, -0.2) is 0 Å². The Kier molecular flexibility index (Phi) is 9.03. The Morgan fingerprint density at radius 2 is 2.21 bits per heavy atom. The van der Waals surface area contributed by atoms with Gasteiger partial charge in [0.1, 0.15) is 0 Å². The van der Waals surface area contributed by atoms with E-state index in [-0.39, 0.29) is 12.0 Å². The second kappa shape index (κ2) is 9.24. The maximum Gasteiger partial charge on any atom is 0.220 e. The van der Waals surface area contributed by atoms with E-state index in [0.717, 1.165) is 0 Å². The predicted octanol–water partition coefficient (Wildman–Crippen LogP) is 0.783. The van der Waals surface area contributed by atoms with E-state index in [2.05, 4.69) is 5.32 Å². The van der Waals surface area contributed by atoms with Crippen LogP contribution in [0.25, 0.3) is 0 Å². The lowest BCUT2D eigenvalue weighted by molar-refractivity contribution is -0.121. The molecule has 0 bridgehead atoms. The fraction of sp³-hybridized carbons (Fsp3) is 0.889. The Morgan fingerprint density at radius 3 is 2.71 bits per heavy atom. The normalized spacial score (nSPS) is 12.5. The van der Waals surface area contributed by atoms with Crippen molar-refractivity contribution in [3.8, 4) is 0 Å². The van der Waals surface area contributed by atoms with Crippen molar-refractivity contribution < 1.29 is 14.3 Å². The minimum atomic E-state index is -0.0834. The molecule has 1 atom stereocenters. The average Bonchev–Trinajstić information content (AvgIpc) is 2.21. The molecule has 1 unspecified atom stereocenters. The van der Waals surface area contributed by atoms with Crippen molar-refractivity contribution >= 4 is 17.5 Å². The molecule has 1 N–H and O–H groups in total. The Bertz CT molecular complexity index is 155. The van der Waals surface area contributed by atoms with Crippen LogP contribution in [0, 0.1) is 0 Å². The molecule has 0 radical (unpaired) electrons. The van der Waals surface area contributed by atoms with Crippen molar-refractivity contribution in [2.75, 3.05) is 33.3 Å². The highest BCUT2D eigenvalue weighted by Crippen LogP contribution is 1.93. The van der Waals surface area contributed by atoms with Gasteiger partial charge in [0.2, 0.25) is 5.91 Å². The van der Waals surface area contributed by atoms with E-state index in [1.54, 1.807) is 14.2 Å². The topological polar surface area (TPSA) is 47.6 Å². The van der Waals surface area contributed by atoms with Gasteiger partial charge in [-0.2, -0.15) is 0 Å². The predicted molar refractivity (Wildman–Crippen MR) is 55.6 cm³/mol. The molecule has 0 aromatic carbocycles. The zero-order chi connectivity index (χ0) is 10.8. The highest BCUT2D eigenvalue weighted by Gasteiger charge is 2.08. The lowest BCUT2D eigenvalue weighted by Crippen LogP contribution is -2.35. The molecule has 0 aliphatic carbocycles. The number of halogens is 1. The van der Waals surface area contributed by atoms with Crippen LogP contribution >= 0.6 is 11.6 Å². The smallest absolute Gasteiger partial charge is 0.220 e. The summed E-state index contributed by atoms with van der Waals surface area (Å²) in [4.78, 5) is 11.2. The Balaban J connectivity index is 3.52. The van der Waals surface area contributed by atoms with Crippen LogP contribution in [0.1, 0.15) is 12.8 Å². The number of hydrogen-bond acceptors (Lipinski definition) is 3. The van der Waals surface area contributed by atoms with Gasteiger partial charge in [0.05, 0.1) is 12.7 Å². The summed E-state index contributed by atoms with van der Waals surface area (Å²) in [6, 6.07) is 0. The maximum absolute atomic E-state index is 11.2. The van der Waals surface area contributed by atoms with Gasteiger partial charge in [0.25, 0.3) is 0 Å². The van der Waals surface area contributed by atoms with E-state index >= 15 is 0 Å². The van der Waals surface area contributed by atoms with E-state index in [0.29, 0.717) is 31.9 Å². The molecular formula is C9H18ClNO3. The molecule has 4 nitrogen and oxygen atoms in total. The standard InChI is InChI=1S/C9H18ClNO3/c1-13-7-8(14-2)6-11-9(12)4-3-5-10/h8H,3-7H2,1-2H3,(H,11,12). The zero-order valence-electron chi connectivity index (χ0n) is 8.72. The van der Waals surface area contributed by atoms with E-state index in [1.165, 1.54) is 0 Å². The largest absolute Gasteiger partial charge is 0.382 e. The van der Waals surface area contributed by atoms with Gasteiger partial charge in [-0.3, -0.25) is 4.79 Å². The molecular weight excluding hydrogens is 206 g/mol. The van der Waals surface area contributed by atoms with Gasteiger partial charge in [0, 0.05) is 33.1 Å². The fourth-order valence-electron chi connectivity index (χ4n) is 0.940. The number of alkyl halides is 1. The Labute approximate surface area is 89.9 Å². The van der Waals surface area contributed by atoms with Crippen LogP contribution < -0.4 is 5.32 Å². The summed E-state index contributed by atoms with van der Waals surface area (Å²) in [5, 5.41) is 2.75. The van der Waals surface area contributed by atoms with Gasteiger partial charge in [0.15, 0.2) is 0 Å². The Hall–Kier alpha value is -0.320. The summed E-state index contributed by atoms with van der Waals surface area (Å²) in [5.41, 5.74) is 0. The van der Waals surface area contributed by atoms with Gasteiger partial charge >= 0.3 is 0 Å². The van der Waals surface area contributed by atoms with Gasteiger partial charge in [-0.15, -0.1) is 11.6 Å². The molecule has 0 rings (SSSR count). The summed E-state index contributed by atoms with van der Waals surface area (Å²) in [6.45, 7) is 0.956. The van der Waals surface area contributed by atoms with Crippen molar-refractivity contribution in [1.82, 2.24) is 5.32 Å². The van der Waals surface area contributed by atoms with Crippen LogP contribution in [-0.2, 0) is 14.3 Å². The lowest BCUT2D eigenvalue weighted by atomic mass is 10.3. The molecule has 0 saturated heterocycles. The van der Waals surface area contributed by atoms with Crippen LogP contribution in [0.3, 0.4) is 0 Å². The number of methoxy groups -OCH3 is 2. The number of nitrogens with one attached hydrogen (secondary N) is 1. The molecule has 0 fully saturated rings. The number of carbonyl (C=O) groups is 1. The number of hydrogen-bond donors (Lipinski definition) is 1. The third-order valence-corrected chi connectivity index (χ3v) is 2.02. The van der Waals surface area contributed by atoms with E-state index < -0.39 is 0 Å². The minimum absolute atomic E-state index is 0.00352. The van der Waals surface area contributed by atoms with Crippen molar-refractivity contribution in [1.29, 1.82) is 0 Å². The van der Waals surface area contributed by atoms with E-state index in [4.69, 9.17) is 21.1 Å². The third-order valence-electron chi connectivity index (χ3n) is 1.75. The highest BCUT2D eigenvalue weighted by molar-refractivity contribution is 6.17. The van der Waals surface area contributed by atoms with Crippen LogP contribution in [0.15, 0.2) is 0 Å². The lowest BCUT2D eigenvalue weighted by Gasteiger charge is -2.14. The summed E-state index contributed by atoms with van der Waals surface area (Å²) in [5.74, 6) is 0.517. The molecule has 84 valence electrons. The number of rotatable bonds is 8. The molecule has 0 aliphatic rings. The van der Waals surface area contributed by atoms with Crippen molar-refractivity contribution in [3.05, 3.63) is 0 Å². The van der Waals surface area contributed by atoms with Gasteiger partial charge < -0.3 is 14.8 Å². The van der Waals surface area contributed by atoms with E-state index in [9.17, 15) is 4.79 Å². The van der Waals surface area contributed by atoms with Gasteiger partial charge in [-0.05, 0) is 6.42 Å². The summed E-state index contributed by atoms with van der Waals surface area (Å²) in [7, 11) is 3.19. The second-order valence-electron chi connectivity index (χ2n) is 2.91. The molecule has 0 saturated carbocycles. The molecule has 5 heteroatoms. The molecule has 0 spiro atoms. The number of carbonyl (C=O) groups excluding carboxylic acids is 1. The first-order valence-electron chi connectivity index (χ1n) is 4.59. The van der Waals surface area contributed by atoms with Crippen LogP contribution in [-0.4, -0.2) is 45.3 Å².